The lowest BCUT2D eigenvalue weighted by molar-refractivity contribution is -0.118. The van der Waals surface area contributed by atoms with Crippen LogP contribution in [0.15, 0.2) is 36.9 Å². The van der Waals surface area contributed by atoms with Gasteiger partial charge < -0.3 is 16.0 Å². The van der Waals surface area contributed by atoms with Crippen LogP contribution in [0.25, 0.3) is 0 Å². The monoisotopic (exact) mass is 303 g/mol. The van der Waals surface area contributed by atoms with E-state index in [1.54, 1.807) is 30.3 Å². The first-order chi connectivity index (χ1) is 10.5. The highest BCUT2D eigenvalue weighted by atomic mass is 16.2. The van der Waals surface area contributed by atoms with Crippen LogP contribution < -0.4 is 16.0 Å². The molecule has 1 aromatic rings. The van der Waals surface area contributed by atoms with Crippen LogP contribution in [0.1, 0.15) is 33.6 Å². The number of carbonyl (C=O) groups excluding carboxylic acids is 2. The molecule has 120 valence electrons. The summed E-state index contributed by atoms with van der Waals surface area (Å²) in [6, 6.07) is 6.89. The molecule has 1 rings (SSSR count). The quantitative estimate of drug-likeness (QED) is 0.671. The smallest absolute Gasteiger partial charge is 0.319 e. The molecule has 0 fully saturated rings. The van der Waals surface area contributed by atoms with Gasteiger partial charge in [-0.2, -0.15) is 0 Å². The fraction of sp³-hybridized carbons (Fsp3) is 0.412. The minimum atomic E-state index is -0.263. The van der Waals surface area contributed by atoms with E-state index in [1.165, 1.54) is 0 Å². The van der Waals surface area contributed by atoms with Gasteiger partial charge in [0.15, 0.2) is 0 Å². The molecule has 0 unspecified atom stereocenters. The van der Waals surface area contributed by atoms with Gasteiger partial charge in [-0.15, -0.1) is 6.58 Å². The average molecular weight is 303 g/mol. The van der Waals surface area contributed by atoms with Gasteiger partial charge in [0.1, 0.15) is 0 Å². The third kappa shape index (κ3) is 5.99. The molecule has 3 N–H and O–H groups in total. The Labute approximate surface area is 132 Å². The number of anilines is 2. The van der Waals surface area contributed by atoms with Crippen molar-refractivity contribution in [1.82, 2.24) is 5.32 Å². The molecular formula is C17H25N3O2. The lowest BCUT2D eigenvalue weighted by Crippen LogP contribution is -2.37. The molecule has 3 amide bonds. The molecule has 0 saturated carbocycles. The van der Waals surface area contributed by atoms with Gasteiger partial charge in [0.05, 0.1) is 0 Å². The van der Waals surface area contributed by atoms with E-state index in [9.17, 15) is 9.59 Å². The SMILES string of the molecule is C=CC[C@H](CC)NC(=O)Nc1cccc(NC(=O)C(C)C)c1. The Hall–Kier alpha value is -2.30. The highest BCUT2D eigenvalue weighted by Crippen LogP contribution is 2.16. The fourth-order valence-corrected chi connectivity index (χ4v) is 1.84. The first-order valence-electron chi connectivity index (χ1n) is 7.55. The Morgan fingerprint density at radius 1 is 1.23 bits per heavy atom. The van der Waals surface area contributed by atoms with Crippen molar-refractivity contribution in [3.63, 3.8) is 0 Å². The van der Waals surface area contributed by atoms with Crippen LogP contribution in [0.3, 0.4) is 0 Å². The number of urea groups is 1. The Morgan fingerprint density at radius 3 is 2.41 bits per heavy atom. The van der Waals surface area contributed by atoms with E-state index in [2.05, 4.69) is 22.5 Å². The first kappa shape index (κ1) is 17.8. The molecule has 22 heavy (non-hydrogen) atoms. The van der Waals surface area contributed by atoms with E-state index < -0.39 is 0 Å². The number of hydrogen-bond donors (Lipinski definition) is 3. The van der Waals surface area contributed by atoms with E-state index in [-0.39, 0.29) is 23.9 Å². The maximum Gasteiger partial charge on any atom is 0.319 e. The van der Waals surface area contributed by atoms with E-state index >= 15 is 0 Å². The number of benzene rings is 1. The van der Waals surface area contributed by atoms with Gasteiger partial charge in [-0.25, -0.2) is 4.79 Å². The summed E-state index contributed by atoms with van der Waals surface area (Å²) >= 11 is 0. The van der Waals surface area contributed by atoms with E-state index in [0.29, 0.717) is 11.4 Å². The highest BCUT2D eigenvalue weighted by molar-refractivity contribution is 5.94. The number of nitrogens with one attached hydrogen (secondary N) is 3. The van der Waals surface area contributed by atoms with Crippen LogP contribution in [0.2, 0.25) is 0 Å². The van der Waals surface area contributed by atoms with Crippen molar-refractivity contribution in [3.05, 3.63) is 36.9 Å². The van der Waals surface area contributed by atoms with Crippen LogP contribution in [-0.2, 0) is 4.79 Å². The fourth-order valence-electron chi connectivity index (χ4n) is 1.84. The number of rotatable bonds is 7. The lowest BCUT2D eigenvalue weighted by atomic mass is 10.1. The molecule has 0 spiro atoms. The third-order valence-electron chi connectivity index (χ3n) is 3.19. The summed E-state index contributed by atoms with van der Waals surface area (Å²) in [4.78, 5) is 23.6. The van der Waals surface area contributed by atoms with Crippen LogP contribution in [0.4, 0.5) is 16.2 Å². The minimum absolute atomic E-state index is 0.0568. The Balaban J connectivity index is 2.64. The molecule has 0 aromatic heterocycles. The van der Waals surface area contributed by atoms with Crippen molar-refractivity contribution in [2.45, 2.75) is 39.7 Å². The number of carbonyl (C=O) groups is 2. The summed E-state index contributed by atoms with van der Waals surface area (Å²) in [6.07, 6.45) is 3.36. The van der Waals surface area contributed by atoms with Crippen LogP contribution in [-0.4, -0.2) is 18.0 Å². The molecular weight excluding hydrogens is 278 g/mol. The summed E-state index contributed by atoms with van der Waals surface area (Å²) in [5.41, 5.74) is 1.29. The van der Waals surface area contributed by atoms with Crippen molar-refractivity contribution in [3.8, 4) is 0 Å². The summed E-state index contributed by atoms with van der Waals surface area (Å²) in [5, 5.41) is 8.46. The largest absolute Gasteiger partial charge is 0.335 e. The van der Waals surface area contributed by atoms with Gasteiger partial charge >= 0.3 is 6.03 Å². The first-order valence-corrected chi connectivity index (χ1v) is 7.55. The second-order valence-electron chi connectivity index (χ2n) is 5.45. The highest BCUT2D eigenvalue weighted by Gasteiger charge is 2.10. The zero-order valence-electron chi connectivity index (χ0n) is 13.5. The summed E-state index contributed by atoms with van der Waals surface area (Å²) in [5.74, 6) is -0.150. The maximum absolute atomic E-state index is 12.0. The van der Waals surface area contributed by atoms with Crippen LogP contribution in [0, 0.1) is 5.92 Å². The Bertz CT molecular complexity index is 526. The van der Waals surface area contributed by atoms with Gasteiger partial charge in [-0.3, -0.25) is 4.79 Å². The van der Waals surface area contributed by atoms with Crippen molar-refractivity contribution < 1.29 is 9.59 Å². The molecule has 1 aromatic carbocycles. The average Bonchev–Trinajstić information content (AvgIpc) is 2.46. The molecule has 0 saturated heterocycles. The van der Waals surface area contributed by atoms with Crippen molar-refractivity contribution in [2.75, 3.05) is 10.6 Å². The number of hydrogen-bond acceptors (Lipinski definition) is 2. The van der Waals surface area contributed by atoms with Crippen molar-refractivity contribution >= 4 is 23.3 Å². The van der Waals surface area contributed by atoms with E-state index in [1.807, 2.05) is 20.8 Å². The minimum Gasteiger partial charge on any atom is -0.335 e. The molecule has 5 nitrogen and oxygen atoms in total. The predicted octanol–water partition coefficient (Wildman–Crippen LogP) is 3.76. The molecule has 5 heteroatoms. The van der Waals surface area contributed by atoms with E-state index in [4.69, 9.17) is 0 Å². The summed E-state index contributed by atoms with van der Waals surface area (Å²) in [7, 11) is 0. The zero-order valence-corrected chi connectivity index (χ0v) is 13.5. The van der Waals surface area contributed by atoms with Crippen molar-refractivity contribution in [2.24, 2.45) is 5.92 Å². The Morgan fingerprint density at radius 2 is 1.86 bits per heavy atom. The lowest BCUT2D eigenvalue weighted by Gasteiger charge is -2.16. The zero-order chi connectivity index (χ0) is 16.5. The second-order valence-corrected chi connectivity index (χ2v) is 5.45. The van der Waals surface area contributed by atoms with E-state index in [0.717, 1.165) is 12.8 Å². The number of amides is 3. The van der Waals surface area contributed by atoms with Gasteiger partial charge in [0, 0.05) is 23.3 Å². The molecule has 0 bridgehead atoms. The third-order valence-corrected chi connectivity index (χ3v) is 3.19. The summed E-state index contributed by atoms with van der Waals surface area (Å²) < 4.78 is 0. The van der Waals surface area contributed by atoms with Crippen LogP contribution in [0.5, 0.6) is 0 Å². The topological polar surface area (TPSA) is 70.2 Å². The van der Waals surface area contributed by atoms with Gasteiger partial charge in [-0.1, -0.05) is 32.9 Å². The second kappa shape index (κ2) is 8.87. The van der Waals surface area contributed by atoms with Gasteiger partial charge in [-0.05, 0) is 31.0 Å². The molecule has 0 aliphatic rings. The van der Waals surface area contributed by atoms with Gasteiger partial charge in [0.2, 0.25) is 5.91 Å². The molecule has 1 atom stereocenters. The maximum atomic E-state index is 12.0. The summed E-state index contributed by atoms with van der Waals surface area (Å²) in [6.45, 7) is 9.35. The Kier molecular flexibility index (Phi) is 7.16. The van der Waals surface area contributed by atoms with Gasteiger partial charge in [0.25, 0.3) is 0 Å². The predicted molar refractivity (Wildman–Crippen MR) is 91.0 cm³/mol. The molecule has 0 radical (unpaired) electrons. The van der Waals surface area contributed by atoms with Crippen LogP contribution >= 0.6 is 0 Å². The molecule has 0 heterocycles. The van der Waals surface area contributed by atoms with Crippen molar-refractivity contribution in [1.29, 1.82) is 0 Å². The molecule has 0 aliphatic heterocycles. The standard InChI is InChI=1S/C17H25N3O2/c1-5-8-13(6-2)19-17(22)20-15-10-7-9-14(11-15)18-16(21)12(3)4/h5,7,9-13H,1,6,8H2,2-4H3,(H,18,21)(H2,19,20,22)/t13-/m0/s1. The normalized spacial score (nSPS) is 11.6. The molecule has 0 aliphatic carbocycles.